The maximum absolute atomic E-state index is 13.3. The summed E-state index contributed by atoms with van der Waals surface area (Å²) in [5.74, 6) is 0.0133. The maximum atomic E-state index is 13.3. The van der Waals surface area contributed by atoms with Crippen molar-refractivity contribution in [2.45, 2.75) is 46.5 Å². The van der Waals surface area contributed by atoms with Crippen LogP contribution in [0, 0.1) is 11.3 Å². The Bertz CT molecular complexity index is 1100. The highest BCUT2D eigenvalue weighted by atomic mass is 16.5. The summed E-state index contributed by atoms with van der Waals surface area (Å²) in [6.07, 6.45) is 1.14. The van der Waals surface area contributed by atoms with E-state index < -0.39 is 11.8 Å². The second-order valence-corrected chi connectivity index (χ2v) is 9.25. The van der Waals surface area contributed by atoms with E-state index in [1.54, 1.807) is 6.92 Å². The van der Waals surface area contributed by atoms with Gasteiger partial charge in [-0.15, -0.1) is 0 Å². The highest BCUT2D eigenvalue weighted by molar-refractivity contribution is 6.09. The van der Waals surface area contributed by atoms with Crippen LogP contribution in [0.5, 0.6) is 11.5 Å². The SMILES string of the molecule is CCOC(=O)C1C(C)=NC2=C(C(=O)CC(C)(C)C2)[C@H]1c1cccc(Oc2ccccc2)c1. The molecule has 0 N–H and O–H groups in total. The van der Waals surface area contributed by atoms with Gasteiger partial charge in [0, 0.05) is 29.3 Å². The van der Waals surface area contributed by atoms with Gasteiger partial charge in [-0.1, -0.05) is 44.2 Å². The number of ketones is 1. The van der Waals surface area contributed by atoms with E-state index in [-0.39, 0.29) is 23.8 Å². The zero-order valence-electron chi connectivity index (χ0n) is 19.1. The first-order valence-corrected chi connectivity index (χ1v) is 11.1. The van der Waals surface area contributed by atoms with Crippen LogP contribution in [0.1, 0.15) is 52.0 Å². The molecule has 1 unspecified atom stereocenters. The minimum Gasteiger partial charge on any atom is -0.465 e. The van der Waals surface area contributed by atoms with Crippen LogP contribution in [-0.4, -0.2) is 24.1 Å². The number of nitrogens with zero attached hydrogens (tertiary/aromatic N) is 1. The van der Waals surface area contributed by atoms with Crippen LogP contribution < -0.4 is 4.74 Å². The van der Waals surface area contributed by atoms with Gasteiger partial charge in [0.2, 0.25) is 0 Å². The number of para-hydroxylation sites is 1. The van der Waals surface area contributed by atoms with Gasteiger partial charge >= 0.3 is 5.97 Å². The van der Waals surface area contributed by atoms with Crippen LogP contribution in [0.4, 0.5) is 0 Å². The second-order valence-electron chi connectivity index (χ2n) is 9.25. The van der Waals surface area contributed by atoms with Crippen LogP contribution in [-0.2, 0) is 14.3 Å². The molecule has 2 atom stereocenters. The van der Waals surface area contributed by atoms with Crippen LogP contribution >= 0.6 is 0 Å². The Kier molecular flexibility index (Phi) is 6.00. The number of benzene rings is 2. The smallest absolute Gasteiger partial charge is 0.315 e. The molecule has 0 amide bonds. The number of carbonyl (C=O) groups excluding carboxylic acids is 2. The van der Waals surface area contributed by atoms with Crippen LogP contribution in [0.3, 0.4) is 0 Å². The maximum Gasteiger partial charge on any atom is 0.315 e. The van der Waals surface area contributed by atoms with Crippen LogP contribution in [0.15, 0.2) is 70.9 Å². The minimum atomic E-state index is -0.633. The molecule has 1 heterocycles. The summed E-state index contributed by atoms with van der Waals surface area (Å²) in [6, 6.07) is 17.2. The van der Waals surface area contributed by atoms with Crippen molar-refractivity contribution in [3.05, 3.63) is 71.4 Å². The fraction of sp³-hybridized carbons (Fsp3) is 0.370. The lowest BCUT2D eigenvalue weighted by molar-refractivity contribution is -0.146. The first-order chi connectivity index (χ1) is 15.3. The lowest BCUT2D eigenvalue weighted by Crippen LogP contribution is -2.39. The summed E-state index contributed by atoms with van der Waals surface area (Å²) in [7, 11) is 0. The Morgan fingerprint density at radius 2 is 1.78 bits per heavy atom. The van der Waals surface area contributed by atoms with E-state index in [9.17, 15) is 9.59 Å². The quantitative estimate of drug-likeness (QED) is 0.556. The number of hydrogen-bond donors (Lipinski definition) is 0. The van der Waals surface area contributed by atoms with Gasteiger partial charge in [0.1, 0.15) is 17.4 Å². The number of Topliss-reactive ketones (excluding diaryl/α,β-unsaturated/α-hetero) is 1. The average Bonchev–Trinajstić information content (AvgIpc) is 2.73. The molecule has 0 spiro atoms. The molecule has 2 aliphatic rings. The van der Waals surface area contributed by atoms with Crippen molar-refractivity contribution in [3.8, 4) is 11.5 Å². The molecule has 0 fully saturated rings. The molecule has 0 radical (unpaired) electrons. The minimum absolute atomic E-state index is 0.0566. The first kappa shape index (κ1) is 22.0. The van der Waals surface area contributed by atoms with E-state index >= 15 is 0 Å². The molecule has 0 saturated carbocycles. The molecule has 0 aromatic heterocycles. The normalized spacial score (nSPS) is 22.1. The zero-order chi connectivity index (χ0) is 22.9. The van der Waals surface area contributed by atoms with Crippen molar-refractivity contribution >= 4 is 17.5 Å². The summed E-state index contributed by atoms with van der Waals surface area (Å²) in [4.78, 5) is 31.1. The third-order valence-electron chi connectivity index (χ3n) is 6.04. The third-order valence-corrected chi connectivity index (χ3v) is 6.04. The Hall–Kier alpha value is -3.21. The molecule has 1 aliphatic carbocycles. The van der Waals surface area contributed by atoms with Crippen molar-refractivity contribution in [1.82, 2.24) is 0 Å². The van der Waals surface area contributed by atoms with E-state index in [2.05, 4.69) is 13.8 Å². The second kappa shape index (κ2) is 8.73. The van der Waals surface area contributed by atoms with Gasteiger partial charge < -0.3 is 9.47 Å². The van der Waals surface area contributed by atoms with Gasteiger partial charge in [-0.25, -0.2) is 0 Å². The van der Waals surface area contributed by atoms with Gasteiger partial charge in [-0.2, -0.15) is 0 Å². The summed E-state index contributed by atoms with van der Waals surface area (Å²) < 4.78 is 11.4. The largest absolute Gasteiger partial charge is 0.465 e. The van der Waals surface area contributed by atoms with Crippen molar-refractivity contribution < 1.29 is 19.1 Å². The van der Waals surface area contributed by atoms with Gasteiger partial charge in [0.15, 0.2) is 5.78 Å². The fourth-order valence-electron chi connectivity index (χ4n) is 4.74. The van der Waals surface area contributed by atoms with E-state index in [1.165, 1.54) is 0 Å². The Morgan fingerprint density at radius 3 is 2.50 bits per heavy atom. The summed E-state index contributed by atoms with van der Waals surface area (Å²) >= 11 is 0. The van der Waals surface area contributed by atoms with Crippen molar-refractivity contribution in [1.29, 1.82) is 0 Å². The molecule has 2 aromatic rings. The predicted octanol–water partition coefficient (Wildman–Crippen LogP) is 5.86. The first-order valence-electron chi connectivity index (χ1n) is 11.1. The van der Waals surface area contributed by atoms with Crippen molar-refractivity contribution in [3.63, 3.8) is 0 Å². The summed E-state index contributed by atoms with van der Waals surface area (Å²) in [6.45, 7) is 8.09. The van der Waals surface area contributed by atoms with Gasteiger partial charge in [0.05, 0.1) is 6.61 Å². The monoisotopic (exact) mass is 431 g/mol. The number of esters is 1. The summed E-state index contributed by atoms with van der Waals surface area (Å²) in [5.41, 5.74) is 2.83. The molecule has 166 valence electrons. The Labute approximate surface area is 189 Å². The molecule has 1 aliphatic heterocycles. The average molecular weight is 432 g/mol. The molecule has 5 nitrogen and oxygen atoms in total. The molecular weight excluding hydrogens is 402 g/mol. The Balaban J connectivity index is 1.80. The molecular formula is C27H29NO4. The van der Waals surface area contributed by atoms with E-state index in [0.717, 1.165) is 17.0 Å². The van der Waals surface area contributed by atoms with E-state index in [4.69, 9.17) is 14.5 Å². The zero-order valence-corrected chi connectivity index (χ0v) is 19.1. The lowest BCUT2D eigenvalue weighted by Gasteiger charge is -2.39. The number of rotatable bonds is 5. The number of ether oxygens (including phenoxy) is 2. The number of carbonyl (C=O) groups is 2. The number of hydrogen-bond acceptors (Lipinski definition) is 5. The highest BCUT2D eigenvalue weighted by Gasteiger charge is 2.46. The van der Waals surface area contributed by atoms with Gasteiger partial charge in [-0.3, -0.25) is 14.6 Å². The standard InChI is InChI=1S/C27H29NO4/c1-5-31-26(30)23-17(2)28-21-15-27(3,4)16-22(29)25(21)24(23)18-10-9-13-20(14-18)32-19-11-7-6-8-12-19/h6-14,23-24H,5,15-16H2,1-4H3/t23?,24-/m0/s1. The topological polar surface area (TPSA) is 65.0 Å². The molecule has 32 heavy (non-hydrogen) atoms. The number of allylic oxidation sites excluding steroid dienone is 2. The molecule has 0 bridgehead atoms. The van der Waals surface area contributed by atoms with E-state index in [0.29, 0.717) is 29.9 Å². The lowest BCUT2D eigenvalue weighted by atomic mass is 9.67. The molecule has 4 rings (SSSR count). The fourth-order valence-corrected chi connectivity index (χ4v) is 4.74. The summed E-state index contributed by atoms with van der Waals surface area (Å²) in [5, 5.41) is 0. The Morgan fingerprint density at radius 1 is 1.06 bits per heavy atom. The molecule has 0 saturated heterocycles. The van der Waals surface area contributed by atoms with Crippen LogP contribution in [0.2, 0.25) is 0 Å². The van der Waals surface area contributed by atoms with E-state index in [1.807, 2.05) is 61.5 Å². The molecule has 2 aromatic carbocycles. The van der Waals surface area contributed by atoms with Crippen molar-refractivity contribution in [2.75, 3.05) is 6.61 Å². The van der Waals surface area contributed by atoms with Gasteiger partial charge in [0.25, 0.3) is 0 Å². The number of aliphatic imine (C=N–C) groups is 1. The van der Waals surface area contributed by atoms with Gasteiger partial charge in [-0.05, 0) is 55.5 Å². The van der Waals surface area contributed by atoms with Crippen LogP contribution in [0.25, 0.3) is 0 Å². The predicted molar refractivity (Wildman–Crippen MR) is 124 cm³/mol. The highest BCUT2D eigenvalue weighted by Crippen LogP contribution is 2.48. The van der Waals surface area contributed by atoms with Crippen molar-refractivity contribution in [2.24, 2.45) is 16.3 Å². The molecule has 5 heteroatoms. The third kappa shape index (κ3) is 4.38.